The molecule has 0 aromatic rings. The first-order valence-electron chi connectivity index (χ1n) is 4.61. The van der Waals surface area contributed by atoms with Gasteiger partial charge in [-0.05, 0) is 24.7 Å². The van der Waals surface area contributed by atoms with Crippen LogP contribution in [-0.4, -0.2) is 22.3 Å². The smallest absolute Gasteiger partial charge is 0.307 e. The van der Waals surface area contributed by atoms with Gasteiger partial charge in [-0.3, -0.25) is 4.79 Å². The fourth-order valence-corrected chi connectivity index (χ4v) is 1.88. The summed E-state index contributed by atoms with van der Waals surface area (Å²) in [5.74, 6) is -0.357. The minimum Gasteiger partial charge on any atom is -0.481 e. The van der Waals surface area contributed by atoms with E-state index in [4.69, 9.17) is 5.11 Å². The number of aliphatic hydroxyl groups is 1. The van der Waals surface area contributed by atoms with Crippen LogP contribution in [0.4, 0.5) is 0 Å². The maximum Gasteiger partial charge on any atom is 0.307 e. The molecule has 0 bridgehead atoms. The van der Waals surface area contributed by atoms with Crippen LogP contribution in [0, 0.1) is 17.8 Å². The highest BCUT2D eigenvalue weighted by molar-refractivity contribution is 5.74. The minimum atomic E-state index is -0.703. The van der Waals surface area contributed by atoms with Gasteiger partial charge in [-0.2, -0.15) is 0 Å². The van der Waals surface area contributed by atoms with Crippen LogP contribution in [0.25, 0.3) is 0 Å². The highest BCUT2D eigenvalue weighted by Gasteiger charge is 2.51. The Balaban J connectivity index is 2.25. The van der Waals surface area contributed by atoms with E-state index in [-0.39, 0.29) is 17.8 Å². The molecule has 4 unspecified atom stereocenters. The van der Waals surface area contributed by atoms with Crippen LogP contribution in [0.2, 0.25) is 0 Å². The van der Waals surface area contributed by atoms with Gasteiger partial charge in [-0.1, -0.05) is 13.0 Å². The monoisotopic (exact) mass is 184 g/mol. The van der Waals surface area contributed by atoms with Gasteiger partial charge in [0.2, 0.25) is 0 Å². The van der Waals surface area contributed by atoms with Crippen LogP contribution in [0.5, 0.6) is 0 Å². The van der Waals surface area contributed by atoms with Crippen molar-refractivity contribution in [3.05, 3.63) is 12.7 Å². The summed E-state index contributed by atoms with van der Waals surface area (Å²) in [4.78, 5) is 10.6. The number of rotatable bonds is 5. The average molecular weight is 184 g/mol. The number of carboxylic acid groups (broad SMARTS) is 1. The van der Waals surface area contributed by atoms with Gasteiger partial charge in [0.05, 0.1) is 12.0 Å². The Morgan fingerprint density at radius 2 is 2.31 bits per heavy atom. The molecule has 74 valence electrons. The molecule has 0 amide bonds. The Hall–Kier alpha value is -0.830. The second-order valence-corrected chi connectivity index (χ2v) is 3.77. The molecule has 0 aromatic heterocycles. The first-order valence-corrected chi connectivity index (χ1v) is 4.61. The Morgan fingerprint density at radius 3 is 2.69 bits per heavy atom. The molecule has 1 aliphatic rings. The first kappa shape index (κ1) is 10.3. The third kappa shape index (κ3) is 2.31. The predicted molar refractivity (Wildman–Crippen MR) is 49.2 cm³/mol. The molecule has 3 heteroatoms. The zero-order valence-corrected chi connectivity index (χ0v) is 7.81. The standard InChI is InChI=1S/C10H16O3/c1-3-7(11)4-5-8-6(2)9(8)10(12)13/h3,6-9,11H,1,4-5H2,2H3,(H,12,13). The third-order valence-electron chi connectivity index (χ3n) is 2.92. The maximum absolute atomic E-state index is 10.6. The summed E-state index contributed by atoms with van der Waals surface area (Å²) in [6.07, 6.45) is 2.42. The molecular formula is C10H16O3. The zero-order chi connectivity index (χ0) is 10.0. The van der Waals surface area contributed by atoms with Crippen molar-refractivity contribution in [1.82, 2.24) is 0 Å². The summed E-state index contributed by atoms with van der Waals surface area (Å²) in [7, 11) is 0. The summed E-state index contributed by atoms with van der Waals surface area (Å²) in [5, 5.41) is 17.9. The van der Waals surface area contributed by atoms with Crippen LogP contribution in [-0.2, 0) is 4.79 Å². The van der Waals surface area contributed by atoms with Crippen molar-refractivity contribution >= 4 is 5.97 Å². The van der Waals surface area contributed by atoms with Crippen LogP contribution < -0.4 is 0 Å². The minimum absolute atomic E-state index is 0.183. The summed E-state index contributed by atoms with van der Waals surface area (Å²) in [6, 6.07) is 0. The van der Waals surface area contributed by atoms with E-state index in [0.717, 1.165) is 6.42 Å². The quantitative estimate of drug-likeness (QED) is 0.633. The summed E-state index contributed by atoms with van der Waals surface area (Å²) >= 11 is 0. The lowest BCUT2D eigenvalue weighted by atomic mass is 10.1. The topological polar surface area (TPSA) is 57.5 Å². The van der Waals surface area contributed by atoms with Crippen molar-refractivity contribution in [3.8, 4) is 0 Å². The number of aliphatic hydroxyl groups excluding tert-OH is 1. The van der Waals surface area contributed by atoms with E-state index in [1.807, 2.05) is 6.92 Å². The molecule has 4 atom stereocenters. The number of hydrogen-bond donors (Lipinski definition) is 2. The van der Waals surface area contributed by atoms with Crippen molar-refractivity contribution in [2.45, 2.75) is 25.9 Å². The lowest BCUT2D eigenvalue weighted by Gasteiger charge is -2.02. The molecule has 0 aromatic carbocycles. The van der Waals surface area contributed by atoms with E-state index >= 15 is 0 Å². The van der Waals surface area contributed by atoms with Crippen molar-refractivity contribution in [2.75, 3.05) is 0 Å². The van der Waals surface area contributed by atoms with Crippen molar-refractivity contribution in [1.29, 1.82) is 0 Å². The van der Waals surface area contributed by atoms with Gasteiger partial charge in [0.25, 0.3) is 0 Å². The van der Waals surface area contributed by atoms with E-state index in [2.05, 4.69) is 6.58 Å². The number of aliphatic carboxylic acids is 1. The first-order chi connectivity index (χ1) is 6.07. The SMILES string of the molecule is C=CC(O)CCC1C(C)C1C(=O)O. The van der Waals surface area contributed by atoms with Gasteiger partial charge in [0.15, 0.2) is 0 Å². The molecule has 1 fully saturated rings. The molecule has 2 N–H and O–H groups in total. The average Bonchev–Trinajstić information content (AvgIpc) is 2.72. The van der Waals surface area contributed by atoms with Crippen molar-refractivity contribution < 1.29 is 15.0 Å². The van der Waals surface area contributed by atoms with Gasteiger partial charge in [0.1, 0.15) is 0 Å². The fraction of sp³-hybridized carbons (Fsp3) is 0.700. The molecule has 0 aliphatic heterocycles. The molecule has 0 radical (unpaired) electrons. The van der Waals surface area contributed by atoms with Gasteiger partial charge in [-0.25, -0.2) is 0 Å². The van der Waals surface area contributed by atoms with E-state index in [1.165, 1.54) is 6.08 Å². The van der Waals surface area contributed by atoms with Crippen LogP contribution in [0.3, 0.4) is 0 Å². The van der Waals surface area contributed by atoms with Gasteiger partial charge >= 0.3 is 5.97 Å². The van der Waals surface area contributed by atoms with E-state index in [0.29, 0.717) is 6.42 Å². The van der Waals surface area contributed by atoms with Gasteiger partial charge < -0.3 is 10.2 Å². The Labute approximate surface area is 78.1 Å². The van der Waals surface area contributed by atoms with E-state index in [9.17, 15) is 9.90 Å². The lowest BCUT2D eigenvalue weighted by molar-refractivity contribution is -0.139. The molecular weight excluding hydrogens is 168 g/mol. The second kappa shape index (κ2) is 3.92. The lowest BCUT2D eigenvalue weighted by Crippen LogP contribution is -2.04. The Bertz CT molecular complexity index is 212. The largest absolute Gasteiger partial charge is 0.481 e. The molecule has 1 rings (SSSR count). The molecule has 1 saturated carbocycles. The molecule has 0 heterocycles. The molecule has 0 saturated heterocycles. The number of carboxylic acids is 1. The van der Waals surface area contributed by atoms with Crippen LogP contribution >= 0.6 is 0 Å². The van der Waals surface area contributed by atoms with Gasteiger partial charge in [-0.15, -0.1) is 6.58 Å². The predicted octanol–water partition coefficient (Wildman–Crippen LogP) is 1.28. The van der Waals surface area contributed by atoms with Crippen molar-refractivity contribution in [3.63, 3.8) is 0 Å². The van der Waals surface area contributed by atoms with E-state index in [1.54, 1.807) is 0 Å². The third-order valence-corrected chi connectivity index (χ3v) is 2.92. The highest BCUT2D eigenvalue weighted by Crippen LogP contribution is 2.49. The normalized spacial score (nSPS) is 33.8. The second-order valence-electron chi connectivity index (χ2n) is 3.77. The summed E-state index contributed by atoms with van der Waals surface area (Å²) in [5.41, 5.74) is 0. The van der Waals surface area contributed by atoms with E-state index < -0.39 is 12.1 Å². The number of carbonyl (C=O) groups is 1. The van der Waals surface area contributed by atoms with Crippen LogP contribution in [0.1, 0.15) is 19.8 Å². The molecule has 1 aliphatic carbocycles. The zero-order valence-electron chi connectivity index (χ0n) is 7.81. The van der Waals surface area contributed by atoms with Crippen LogP contribution in [0.15, 0.2) is 12.7 Å². The summed E-state index contributed by atoms with van der Waals surface area (Å²) < 4.78 is 0. The summed E-state index contributed by atoms with van der Waals surface area (Å²) in [6.45, 7) is 5.41. The highest BCUT2D eigenvalue weighted by atomic mass is 16.4. The van der Waals surface area contributed by atoms with Gasteiger partial charge in [0, 0.05) is 0 Å². The molecule has 3 nitrogen and oxygen atoms in total. The Kier molecular flexibility index (Phi) is 3.09. The maximum atomic E-state index is 10.6. The molecule has 0 spiro atoms. The van der Waals surface area contributed by atoms with Crippen molar-refractivity contribution in [2.24, 2.45) is 17.8 Å². The fourth-order valence-electron chi connectivity index (χ4n) is 1.88. The number of hydrogen-bond acceptors (Lipinski definition) is 2. The Morgan fingerprint density at radius 1 is 1.69 bits per heavy atom. The molecule has 13 heavy (non-hydrogen) atoms.